The molecule has 6 heteroatoms. The smallest absolute Gasteiger partial charge is 0.306 e. The quantitative estimate of drug-likeness (QED) is 0.0261. The predicted molar refractivity (Wildman–Crippen MR) is 353 cm³/mol. The predicted octanol–water partition coefficient (Wildman–Crippen LogP) is 24.0. The molecule has 6 nitrogen and oxygen atoms in total. The summed E-state index contributed by atoms with van der Waals surface area (Å²) in [6, 6.07) is 0. The van der Waals surface area contributed by atoms with Crippen LogP contribution >= 0.6 is 0 Å². The highest BCUT2D eigenvalue weighted by atomic mass is 16.6. The highest BCUT2D eigenvalue weighted by Gasteiger charge is 2.19. The SMILES string of the molecule is CC/C=C\C/C=C\C/C=C\C/C=C\C/C=C\C/C=C\C/C=C\CCCCCCCCCCCCCC(=O)OCC(COC(=O)CCCCCCCCCCCCC)OC(=O)CCCCCCCCCCC/C=C\CCCCCCCC. The van der Waals surface area contributed by atoms with Gasteiger partial charge < -0.3 is 14.2 Å². The summed E-state index contributed by atoms with van der Waals surface area (Å²) in [4.78, 5) is 38.3. The van der Waals surface area contributed by atoms with Gasteiger partial charge in [-0.25, -0.2) is 0 Å². The Morgan fingerprint density at radius 3 is 0.765 bits per heavy atom. The second-order valence-corrected chi connectivity index (χ2v) is 23.1. The van der Waals surface area contributed by atoms with Gasteiger partial charge in [-0.3, -0.25) is 14.4 Å². The first-order valence-electron chi connectivity index (χ1n) is 34.7. The van der Waals surface area contributed by atoms with Crippen LogP contribution in [0.25, 0.3) is 0 Å². The van der Waals surface area contributed by atoms with E-state index in [0.717, 1.165) is 103 Å². The van der Waals surface area contributed by atoms with Gasteiger partial charge in [-0.15, -0.1) is 0 Å². The first kappa shape index (κ1) is 77.3. The van der Waals surface area contributed by atoms with E-state index < -0.39 is 6.10 Å². The van der Waals surface area contributed by atoms with Gasteiger partial charge in [0.2, 0.25) is 0 Å². The van der Waals surface area contributed by atoms with E-state index in [1.165, 1.54) is 199 Å². The van der Waals surface area contributed by atoms with Gasteiger partial charge in [0.15, 0.2) is 6.10 Å². The molecule has 0 aromatic heterocycles. The van der Waals surface area contributed by atoms with Crippen molar-refractivity contribution in [1.29, 1.82) is 0 Å². The standard InChI is InChI=1S/C75H130O6/c1-4-7-10-13-16-19-22-24-26-28-30-31-32-33-34-35-36-37-38-39-40-41-42-43-45-46-48-50-53-56-59-62-65-68-74(77)80-71-72(70-79-73(76)67-64-61-58-55-52-21-18-15-12-9-6-3)81-75(78)69-66-63-60-57-54-51-49-47-44-29-27-25-23-20-17-14-11-8-5-2/h7,10,16,19,24-27,30-31,33-34,36-37,39-40,72H,4-6,8-9,11-15,17-18,20-23,28-29,32,35,38,41-71H2,1-3H3/b10-7-,19-16-,26-24-,27-25-,31-30-,34-33-,37-36-,40-39-. The number of unbranched alkanes of at least 4 members (excludes halogenated alkanes) is 36. The zero-order chi connectivity index (χ0) is 58.5. The summed E-state index contributed by atoms with van der Waals surface area (Å²) in [6.07, 6.45) is 92.9. The lowest BCUT2D eigenvalue weighted by atomic mass is 10.0. The summed E-state index contributed by atoms with van der Waals surface area (Å²) in [5, 5.41) is 0. The van der Waals surface area contributed by atoms with E-state index in [0.29, 0.717) is 19.3 Å². The number of carbonyl (C=O) groups excluding carboxylic acids is 3. The Morgan fingerprint density at radius 2 is 0.481 bits per heavy atom. The van der Waals surface area contributed by atoms with Gasteiger partial charge in [0.1, 0.15) is 13.2 Å². The molecular formula is C75H130O6. The molecule has 0 aromatic carbocycles. The number of esters is 3. The molecule has 466 valence electrons. The Morgan fingerprint density at radius 1 is 0.259 bits per heavy atom. The van der Waals surface area contributed by atoms with Gasteiger partial charge in [0, 0.05) is 19.3 Å². The third-order valence-electron chi connectivity index (χ3n) is 15.1. The van der Waals surface area contributed by atoms with Gasteiger partial charge in [0.05, 0.1) is 0 Å². The van der Waals surface area contributed by atoms with Crippen LogP contribution < -0.4 is 0 Å². The maximum atomic E-state index is 12.9. The van der Waals surface area contributed by atoms with E-state index in [9.17, 15) is 14.4 Å². The Balaban J connectivity index is 4.20. The average molecular weight is 1130 g/mol. The fourth-order valence-corrected chi connectivity index (χ4v) is 9.89. The highest BCUT2D eigenvalue weighted by molar-refractivity contribution is 5.71. The number of hydrogen-bond acceptors (Lipinski definition) is 6. The normalized spacial score (nSPS) is 12.7. The van der Waals surface area contributed by atoms with E-state index >= 15 is 0 Å². The lowest BCUT2D eigenvalue weighted by Gasteiger charge is -2.18. The molecule has 0 saturated heterocycles. The third-order valence-corrected chi connectivity index (χ3v) is 15.1. The van der Waals surface area contributed by atoms with Gasteiger partial charge >= 0.3 is 17.9 Å². The topological polar surface area (TPSA) is 78.9 Å². The van der Waals surface area contributed by atoms with Crippen LogP contribution in [0.5, 0.6) is 0 Å². The third kappa shape index (κ3) is 67.0. The van der Waals surface area contributed by atoms with Crippen LogP contribution in [0.3, 0.4) is 0 Å². The van der Waals surface area contributed by atoms with Crippen molar-refractivity contribution in [2.45, 2.75) is 348 Å². The monoisotopic (exact) mass is 1130 g/mol. The minimum atomic E-state index is -0.778. The molecule has 0 aliphatic heterocycles. The number of rotatable bonds is 63. The molecule has 1 atom stereocenters. The molecule has 0 N–H and O–H groups in total. The summed E-state index contributed by atoms with van der Waals surface area (Å²) in [5.74, 6) is -0.865. The summed E-state index contributed by atoms with van der Waals surface area (Å²) in [7, 11) is 0. The molecule has 0 radical (unpaired) electrons. The van der Waals surface area contributed by atoms with Crippen LogP contribution in [0.15, 0.2) is 97.2 Å². The summed E-state index contributed by atoms with van der Waals surface area (Å²) in [5.41, 5.74) is 0. The zero-order valence-corrected chi connectivity index (χ0v) is 53.5. The van der Waals surface area contributed by atoms with Crippen LogP contribution in [0.4, 0.5) is 0 Å². The minimum Gasteiger partial charge on any atom is -0.462 e. The Labute approximate surface area is 502 Å². The van der Waals surface area contributed by atoms with Crippen molar-refractivity contribution >= 4 is 17.9 Å². The van der Waals surface area contributed by atoms with E-state index in [2.05, 4.69) is 118 Å². The van der Waals surface area contributed by atoms with E-state index in [1.807, 2.05) is 0 Å². The summed E-state index contributed by atoms with van der Waals surface area (Å²) in [6.45, 7) is 6.55. The van der Waals surface area contributed by atoms with Crippen molar-refractivity contribution in [2.75, 3.05) is 13.2 Å². The van der Waals surface area contributed by atoms with Gasteiger partial charge in [0.25, 0.3) is 0 Å². The maximum absolute atomic E-state index is 12.9. The van der Waals surface area contributed by atoms with Gasteiger partial charge in [-0.2, -0.15) is 0 Å². The van der Waals surface area contributed by atoms with E-state index in [1.54, 1.807) is 0 Å². The largest absolute Gasteiger partial charge is 0.462 e. The number of allylic oxidation sites excluding steroid dienone is 16. The molecule has 1 unspecified atom stereocenters. The van der Waals surface area contributed by atoms with Crippen LogP contribution in [-0.4, -0.2) is 37.2 Å². The van der Waals surface area contributed by atoms with Gasteiger partial charge in [-0.05, 0) is 103 Å². The molecule has 0 saturated carbocycles. The molecule has 0 aliphatic rings. The fraction of sp³-hybridized carbons (Fsp3) is 0.747. The number of hydrogen-bond donors (Lipinski definition) is 0. The van der Waals surface area contributed by atoms with Crippen molar-refractivity contribution in [3.8, 4) is 0 Å². The van der Waals surface area contributed by atoms with Crippen LogP contribution in [0.2, 0.25) is 0 Å². The Bertz CT molecular complexity index is 1580. The number of ether oxygens (including phenoxy) is 3. The summed E-state index contributed by atoms with van der Waals surface area (Å²) >= 11 is 0. The molecule has 81 heavy (non-hydrogen) atoms. The summed E-state index contributed by atoms with van der Waals surface area (Å²) < 4.78 is 16.9. The second kappa shape index (κ2) is 68.8. The van der Waals surface area contributed by atoms with Crippen molar-refractivity contribution < 1.29 is 28.6 Å². The Hall–Kier alpha value is -3.67. The van der Waals surface area contributed by atoms with Crippen molar-refractivity contribution in [1.82, 2.24) is 0 Å². The van der Waals surface area contributed by atoms with Crippen LogP contribution in [-0.2, 0) is 28.6 Å². The average Bonchev–Trinajstić information content (AvgIpc) is 3.47. The van der Waals surface area contributed by atoms with E-state index in [-0.39, 0.29) is 31.1 Å². The Kier molecular flexibility index (Phi) is 65.7. The molecular weight excluding hydrogens is 997 g/mol. The highest BCUT2D eigenvalue weighted by Crippen LogP contribution is 2.17. The first-order valence-corrected chi connectivity index (χ1v) is 34.7. The van der Waals surface area contributed by atoms with Crippen molar-refractivity contribution in [3.05, 3.63) is 97.2 Å². The molecule has 0 heterocycles. The fourth-order valence-electron chi connectivity index (χ4n) is 9.89. The van der Waals surface area contributed by atoms with Crippen molar-refractivity contribution in [3.63, 3.8) is 0 Å². The molecule has 0 amide bonds. The molecule has 0 spiro atoms. The van der Waals surface area contributed by atoms with Crippen LogP contribution in [0, 0.1) is 0 Å². The first-order chi connectivity index (χ1) is 40.0. The second-order valence-electron chi connectivity index (χ2n) is 23.1. The van der Waals surface area contributed by atoms with Gasteiger partial charge in [-0.1, -0.05) is 317 Å². The lowest BCUT2D eigenvalue weighted by Crippen LogP contribution is -2.30. The maximum Gasteiger partial charge on any atom is 0.306 e. The lowest BCUT2D eigenvalue weighted by molar-refractivity contribution is -0.167. The number of carbonyl (C=O) groups is 3. The molecule has 0 aliphatic carbocycles. The van der Waals surface area contributed by atoms with Crippen molar-refractivity contribution in [2.24, 2.45) is 0 Å². The molecule has 0 bridgehead atoms. The van der Waals surface area contributed by atoms with E-state index in [4.69, 9.17) is 14.2 Å². The molecule has 0 aromatic rings. The zero-order valence-electron chi connectivity index (χ0n) is 53.5. The molecule has 0 rings (SSSR count). The van der Waals surface area contributed by atoms with Crippen LogP contribution in [0.1, 0.15) is 342 Å². The molecule has 0 fully saturated rings. The minimum absolute atomic E-state index is 0.0744.